The first-order chi connectivity index (χ1) is 12.1. The van der Waals surface area contributed by atoms with E-state index in [1.165, 1.54) is 12.1 Å². The number of fused-ring (bicyclic) bond motifs is 2. The molecule has 2 bridgehead atoms. The van der Waals surface area contributed by atoms with E-state index in [1.807, 2.05) is 0 Å². The van der Waals surface area contributed by atoms with Crippen LogP contribution in [0.1, 0.15) is 31.7 Å². The Morgan fingerprint density at radius 2 is 1.92 bits per heavy atom. The average Bonchev–Trinajstić information content (AvgIpc) is 3.14. The van der Waals surface area contributed by atoms with Crippen LogP contribution in [-0.2, 0) is 20.5 Å². The second-order valence-electron chi connectivity index (χ2n) is 7.01. The summed E-state index contributed by atoms with van der Waals surface area (Å²) in [5.74, 6) is -1.60. The Labute approximate surface area is 149 Å². The van der Waals surface area contributed by atoms with Crippen LogP contribution in [0, 0.1) is 17.8 Å². The van der Waals surface area contributed by atoms with E-state index in [9.17, 15) is 22.8 Å². The van der Waals surface area contributed by atoms with Crippen LogP contribution in [0.2, 0.25) is 0 Å². The van der Waals surface area contributed by atoms with Gasteiger partial charge in [-0.25, -0.2) is 4.79 Å². The van der Waals surface area contributed by atoms with E-state index in [1.54, 1.807) is 6.92 Å². The molecule has 4 nitrogen and oxygen atoms in total. The first-order valence-electron chi connectivity index (χ1n) is 8.40. The Balaban J connectivity index is 1.67. The highest BCUT2D eigenvalue weighted by Gasteiger charge is 2.51. The number of benzene rings is 1. The zero-order valence-electron chi connectivity index (χ0n) is 14.2. The molecule has 140 valence electrons. The molecule has 2 aliphatic rings. The van der Waals surface area contributed by atoms with E-state index >= 15 is 0 Å². The van der Waals surface area contributed by atoms with Crippen molar-refractivity contribution in [3.05, 3.63) is 42.0 Å². The summed E-state index contributed by atoms with van der Waals surface area (Å²) in [5, 5.41) is 0. The van der Waals surface area contributed by atoms with Crippen LogP contribution in [0.3, 0.4) is 0 Å². The number of carbonyl (C=O) groups excluding carboxylic acids is 2. The van der Waals surface area contributed by atoms with Gasteiger partial charge in [0.2, 0.25) is 0 Å². The zero-order valence-corrected chi connectivity index (χ0v) is 14.2. The molecule has 2 fully saturated rings. The van der Waals surface area contributed by atoms with Crippen molar-refractivity contribution in [3.63, 3.8) is 0 Å². The van der Waals surface area contributed by atoms with Gasteiger partial charge in [-0.05, 0) is 50.3 Å². The molecule has 26 heavy (non-hydrogen) atoms. The molecule has 0 spiro atoms. The van der Waals surface area contributed by atoms with Crippen molar-refractivity contribution < 1.29 is 32.2 Å². The summed E-state index contributed by atoms with van der Waals surface area (Å²) in [6.45, 7) is 5.09. The molecule has 0 heterocycles. The number of rotatable bonds is 4. The minimum Gasteiger partial charge on any atom is -0.459 e. The van der Waals surface area contributed by atoms with Crippen LogP contribution in [0.15, 0.2) is 36.4 Å². The lowest BCUT2D eigenvalue weighted by Gasteiger charge is -2.28. The third-order valence-electron chi connectivity index (χ3n) is 5.04. The van der Waals surface area contributed by atoms with Crippen molar-refractivity contribution in [2.75, 3.05) is 0 Å². The van der Waals surface area contributed by atoms with Gasteiger partial charge in [-0.1, -0.05) is 12.6 Å². The minimum absolute atomic E-state index is 0.136. The van der Waals surface area contributed by atoms with Crippen molar-refractivity contribution in [1.29, 1.82) is 0 Å². The van der Waals surface area contributed by atoms with E-state index < -0.39 is 29.6 Å². The number of hydrogen-bond donors (Lipinski definition) is 0. The summed E-state index contributed by atoms with van der Waals surface area (Å²) in [6.07, 6.45) is -2.84. The lowest BCUT2D eigenvalue weighted by Crippen LogP contribution is -2.35. The van der Waals surface area contributed by atoms with Gasteiger partial charge in [0.25, 0.3) is 0 Å². The van der Waals surface area contributed by atoms with Crippen LogP contribution < -0.4 is 4.74 Å². The van der Waals surface area contributed by atoms with E-state index in [4.69, 9.17) is 9.47 Å². The van der Waals surface area contributed by atoms with Crippen molar-refractivity contribution in [2.45, 2.75) is 38.5 Å². The van der Waals surface area contributed by atoms with Gasteiger partial charge in [-0.15, -0.1) is 0 Å². The SMILES string of the molecule is C=C(C)C(=O)OC1CC2CC(C(=O)Oc3cccc(C(F)(F)F)c3)C1C2. The molecule has 0 radical (unpaired) electrons. The van der Waals surface area contributed by atoms with Crippen molar-refractivity contribution in [3.8, 4) is 5.75 Å². The summed E-state index contributed by atoms with van der Waals surface area (Å²) in [4.78, 5) is 24.2. The van der Waals surface area contributed by atoms with Crippen LogP contribution in [-0.4, -0.2) is 18.0 Å². The first-order valence-corrected chi connectivity index (χ1v) is 8.40. The van der Waals surface area contributed by atoms with Gasteiger partial charge >= 0.3 is 18.1 Å². The Hall–Kier alpha value is -2.31. The minimum atomic E-state index is -4.50. The van der Waals surface area contributed by atoms with Gasteiger partial charge in [-0.3, -0.25) is 4.79 Å². The topological polar surface area (TPSA) is 52.6 Å². The molecule has 0 saturated heterocycles. The predicted molar refractivity (Wildman–Crippen MR) is 86.1 cm³/mol. The highest BCUT2D eigenvalue weighted by molar-refractivity contribution is 5.87. The van der Waals surface area contributed by atoms with Crippen LogP contribution >= 0.6 is 0 Å². The van der Waals surface area contributed by atoms with Gasteiger partial charge in [0.15, 0.2) is 0 Å². The van der Waals surface area contributed by atoms with Crippen LogP contribution in [0.4, 0.5) is 13.2 Å². The van der Waals surface area contributed by atoms with Gasteiger partial charge in [-0.2, -0.15) is 13.2 Å². The van der Waals surface area contributed by atoms with Gasteiger partial charge in [0.1, 0.15) is 11.9 Å². The maximum Gasteiger partial charge on any atom is 0.416 e. The van der Waals surface area contributed by atoms with Gasteiger partial charge in [0, 0.05) is 11.5 Å². The molecule has 2 aliphatic carbocycles. The summed E-state index contributed by atoms with van der Waals surface area (Å²) < 4.78 is 48.9. The van der Waals surface area contributed by atoms with Gasteiger partial charge < -0.3 is 9.47 Å². The maximum atomic E-state index is 12.8. The lowest BCUT2D eigenvalue weighted by molar-refractivity contribution is -0.153. The molecule has 0 amide bonds. The second-order valence-corrected chi connectivity index (χ2v) is 7.01. The highest BCUT2D eigenvalue weighted by Crippen LogP contribution is 2.50. The monoisotopic (exact) mass is 368 g/mol. The number of hydrogen-bond acceptors (Lipinski definition) is 4. The van der Waals surface area contributed by atoms with Gasteiger partial charge in [0.05, 0.1) is 11.5 Å². The van der Waals surface area contributed by atoms with E-state index in [0.717, 1.165) is 18.6 Å². The molecule has 3 rings (SSSR count). The van der Waals surface area contributed by atoms with E-state index in [-0.39, 0.29) is 29.3 Å². The fourth-order valence-electron chi connectivity index (χ4n) is 3.86. The fourth-order valence-corrected chi connectivity index (χ4v) is 3.86. The Morgan fingerprint density at radius 3 is 2.54 bits per heavy atom. The molecule has 1 aromatic rings. The Morgan fingerprint density at radius 1 is 1.19 bits per heavy atom. The molecule has 1 aromatic carbocycles. The number of ether oxygens (including phenoxy) is 2. The number of alkyl halides is 3. The summed E-state index contributed by atoms with van der Waals surface area (Å²) in [6, 6.07) is 4.24. The zero-order chi connectivity index (χ0) is 19.1. The summed E-state index contributed by atoms with van der Waals surface area (Å²) in [7, 11) is 0. The largest absolute Gasteiger partial charge is 0.459 e. The third-order valence-corrected chi connectivity index (χ3v) is 5.04. The number of carbonyl (C=O) groups is 2. The maximum absolute atomic E-state index is 12.8. The normalized spacial score (nSPS) is 27.2. The highest BCUT2D eigenvalue weighted by atomic mass is 19.4. The molecule has 7 heteroatoms. The van der Waals surface area contributed by atoms with E-state index in [2.05, 4.69) is 6.58 Å². The third kappa shape index (κ3) is 3.76. The molecule has 0 aliphatic heterocycles. The van der Waals surface area contributed by atoms with E-state index in [0.29, 0.717) is 12.8 Å². The Bertz CT molecular complexity index is 741. The molecule has 4 unspecified atom stereocenters. The quantitative estimate of drug-likeness (QED) is 0.455. The molecule has 2 saturated carbocycles. The molecule has 4 atom stereocenters. The summed E-state index contributed by atoms with van der Waals surface area (Å²) >= 11 is 0. The molecule has 0 N–H and O–H groups in total. The fraction of sp³-hybridized carbons (Fsp3) is 0.474. The smallest absolute Gasteiger partial charge is 0.416 e. The number of esters is 2. The lowest BCUT2D eigenvalue weighted by atomic mass is 9.86. The predicted octanol–water partition coefficient (Wildman–Crippen LogP) is 4.14. The summed E-state index contributed by atoms with van der Waals surface area (Å²) in [5.41, 5.74) is -0.583. The molecular weight excluding hydrogens is 349 g/mol. The first kappa shape index (κ1) is 18.5. The average molecular weight is 368 g/mol. The second kappa shape index (κ2) is 6.78. The van der Waals surface area contributed by atoms with Crippen LogP contribution in [0.25, 0.3) is 0 Å². The van der Waals surface area contributed by atoms with Crippen LogP contribution in [0.5, 0.6) is 5.75 Å². The van der Waals surface area contributed by atoms with Crippen molar-refractivity contribution in [2.24, 2.45) is 17.8 Å². The molecular formula is C19H19F3O4. The molecule has 0 aromatic heterocycles. The van der Waals surface area contributed by atoms with Crippen molar-refractivity contribution >= 4 is 11.9 Å². The van der Waals surface area contributed by atoms with Crippen molar-refractivity contribution in [1.82, 2.24) is 0 Å². The number of halogens is 3. The Kier molecular flexibility index (Phi) is 4.82. The standard InChI is InChI=1S/C19H19F3O4/c1-10(2)17(23)26-16-8-11-6-14(16)15(7-11)18(24)25-13-5-3-4-12(9-13)19(20,21)22/h3-5,9,11,14-16H,1,6-8H2,2H3.